The number of rotatable bonds is 5. The van der Waals surface area contributed by atoms with Crippen LogP contribution in [0, 0.1) is 5.92 Å². The van der Waals surface area contributed by atoms with Crippen LogP contribution in [0.1, 0.15) is 12.8 Å². The molecule has 1 aromatic rings. The summed E-state index contributed by atoms with van der Waals surface area (Å²) in [4.78, 5) is 12.4. The number of piperidine rings is 1. The van der Waals surface area contributed by atoms with Gasteiger partial charge in [0.1, 0.15) is 0 Å². The maximum Gasteiger partial charge on any atom is 0.240 e. The van der Waals surface area contributed by atoms with Gasteiger partial charge in [0.25, 0.3) is 0 Å². The molecule has 2 rings (SSSR count). The minimum Gasteiger partial charge on any atom is -0.326 e. The Bertz CT molecular complexity index is 803. The van der Waals surface area contributed by atoms with Crippen LogP contribution in [0.4, 0.5) is 5.69 Å². The molecule has 1 aliphatic heterocycles. The Labute approximate surface area is 142 Å². The number of carbonyl (C=O) groups excluding carboxylic acids is 1. The molecule has 0 radical (unpaired) electrons. The monoisotopic (exact) mass is 375 g/mol. The first-order valence-electron chi connectivity index (χ1n) is 7.43. The van der Waals surface area contributed by atoms with Crippen LogP contribution < -0.4 is 10.0 Å². The summed E-state index contributed by atoms with van der Waals surface area (Å²) >= 11 is 0. The third kappa shape index (κ3) is 4.53. The lowest BCUT2D eigenvalue weighted by Crippen LogP contribution is -2.43. The highest BCUT2D eigenvalue weighted by Gasteiger charge is 2.30. The molecule has 0 aliphatic carbocycles. The van der Waals surface area contributed by atoms with Gasteiger partial charge >= 0.3 is 0 Å². The molecule has 0 aromatic heterocycles. The molecule has 24 heavy (non-hydrogen) atoms. The number of nitrogens with one attached hydrogen (secondary N) is 2. The molecule has 8 nitrogen and oxygen atoms in total. The van der Waals surface area contributed by atoms with Crippen molar-refractivity contribution in [2.75, 3.05) is 31.7 Å². The fourth-order valence-electron chi connectivity index (χ4n) is 2.54. The fourth-order valence-corrected chi connectivity index (χ4v) is 4.18. The highest BCUT2D eigenvalue weighted by molar-refractivity contribution is 7.89. The highest BCUT2D eigenvalue weighted by atomic mass is 32.2. The van der Waals surface area contributed by atoms with E-state index in [1.807, 2.05) is 0 Å². The van der Waals surface area contributed by atoms with Gasteiger partial charge in [-0.2, -0.15) is 0 Å². The van der Waals surface area contributed by atoms with Crippen LogP contribution in [0.3, 0.4) is 0 Å². The maximum atomic E-state index is 12.3. The van der Waals surface area contributed by atoms with Crippen molar-refractivity contribution >= 4 is 31.6 Å². The number of benzene rings is 1. The SMILES string of the molecule is CNS(=O)(=O)c1ccc(NC(=O)[C@H]2CCCN(S(C)(=O)=O)C2)cc1. The number of amides is 1. The predicted molar refractivity (Wildman–Crippen MR) is 90.5 cm³/mol. The van der Waals surface area contributed by atoms with E-state index in [4.69, 9.17) is 0 Å². The Morgan fingerprint density at radius 3 is 2.33 bits per heavy atom. The van der Waals surface area contributed by atoms with Gasteiger partial charge < -0.3 is 5.32 Å². The Kier molecular flexibility index (Phi) is 5.63. The quantitative estimate of drug-likeness (QED) is 0.764. The zero-order chi connectivity index (χ0) is 18.0. The van der Waals surface area contributed by atoms with Gasteiger partial charge in [-0.25, -0.2) is 25.9 Å². The van der Waals surface area contributed by atoms with Gasteiger partial charge in [-0.05, 0) is 44.2 Å². The molecule has 0 saturated carbocycles. The molecule has 1 saturated heterocycles. The largest absolute Gasteiger partial charge is 0.326 e. The summed E-state index contributed by atoms with van der Waals surface area (Å²) in [7, 11) is -5.51. The lowest BCUT2D eigenvalue weighted by molar-refractivity contribution is -0.120. The van der Waals surface area contributed by atoms with Gasteiger partial charge in [0.05, 0.1) is 17.1 Å². The molecular weight excluding hydrogens is 354 g/mol. The van der Waals surface area contributed by atoms with E-state index in [0.717, 1.165) is 6.26 Å². The molecule has 0 unspecified atom stereocenters. The van der Waals surface area contributed by atoms with Crippen molar-refractivity contribution in [2.45, 2.75) is 17.7 Å². The minimum atomic E-state index is -3.52. The van der Waals surface area contributed by atoms with Crippen LogP contribution in [0.25, 0.3) is 0 Å². The number of hydrogen-bond acceptors (Lipinski definition) is 5. The van der Waals surface area contributed by atoms with E-state index in [-0.39, 0.29) is 17.3 Å². The number of anilines is 1. The van der Waals surface area contributed by atoms with E-state index in [1.165, 1.54) is 35.6 Å². The summed E-state index contributed by atoms with van der Waals surface area (Å²) in [5.74, 6) is -0.693. The van der Waals surface area contributed by atoms with E-state index in [1.54, 1.807) is 0 Å². The van der Waals surface area contributed by atoms with Crippen LogP contribution in [-0.4, -0.2) is 53.4 Å². The number of nitrogens with zero attached hydrogens (tertiary/aromatic N) is 1. The predicted octanol–water partition coefficient (Wildman–Crippen LogP) is 0.205. The Morgan fingerprint density at radius 2 is 1.79 bits per heavy atom. The molecular formula is C14H21N3O5S2. The summed E-state index contributed by atoms with van der Waals surface area (Å²) in [6, 6.07) is 5.79. The van der Waals surface area contributed by atoms with E-state index in [0.29, 0.717) is 25.1 Å². The number of hydrogen-bond donors (Lipinski definition) is 2. The Balaban J connectivity index is 2.04. The summed E-state index contributed by atoms with van der Waals surface area (Å²) in [6.07, 6.45) is 2.38. The van der Waals surface area contributed by atoms with Crippen LogP contribution in [0.2, 0.25) is 0 Å². The third-order valence-corrected chi connectivity index (χ3v) is 6.62. The molecule has 1 fully saturated rings. The zero-order valence-corrected chi connectivity index (χ0v) is 15.2. The van der Waals surface area contributed by atoms with E-state index in [2.05, 4.69) is 10.0 Å². The molecule has 10 heteroatoms. The first-order valence-corrected chi connectivity index (χ1v) is 10.8. The zero-order valence-electron chi connectivity index (χ0n) is 13.5. The number of sulfonamides is 2. The summed E-state index contributed by atoms with van der Waals surface area (Å²) in [5.41, 5.74) is 0.464. The average Bonchev–Trinajstić information content (AvgIpc) is 2.54. The van der Waals surface area contributed by atoms with Crippen molar-refractivity contribution in [1.29, 1.82) is 0 Å². The van der Waals surface area contributed by atoms with Crippen LogP contribution in [0.5, 0.6) is 0 Å². The van der Waals surface area contributed by atoms with Gasteiger partial charge in [-0.15, -0.1) is 0 Å². The van der Waals surface area contributed by atoms with Gasteiger partial charge in [-0.1, -0.05) is 0 Å². The Hall–Kier alpha value is -1.49. The topological polar surface area (TPSA) is 113 Å². The molecule has 1 atom stereocenters. The van der Waals surface area contributed by atoms with Crippen molar-refractivity contribution < 1.29 is 21.6 Å². The van der Waals surface area contributed by atoms with E-state index < -0.39 is 26.0 Å². The van der Waals surface area contributed by atoms with Crippen molar-refractivity contribution in [2.24, 2.45) is 5.92 Å². The molecule has 134 valence electrons. The second-order valence-electron chi connectivity index (χ2n) is 5.68. The molecule has 1 heterocycles. The van der Waals surface area contributed by atoms with Crippen LogP contribution >= 0.6 is 0 Å². The van der Waals surface area contributed by atoms with Crippen LogP contribution in [-0.2, 0) is 24.8 Å². The van der Waals surface area contributed by atoms with E-state index >= 15 is 0 Å². The molecule has 0 spiro atoms. The Morgan fingerprint density at radius 1 is 1.17 bits per heavy atom. The standard InChI is InChI=1S/C14H21N3O5S2/c1-15-24(21,22)13-7-5-12(6-8-13)16-14(18)11-4-3-9-17(10-11)23(2,19)20/h5-8,11,15H,3-4,9-10H2,1-2H3,(H,16,18)/t11-/m0/s1. The van der Waals surface area contributed by atoms with Crippen molar-refractivity contribution in [3.05, 3.63) is 24.3 Å². The molecule has 2 N–H and O–H groups in total. The third-order valence-electron chi connectivity index (χ3n) is 3.92. The first-order chi connectivity index (χ1) is 11.1. The van der Waals surface area contributed by atoms with Crippen molar-refractivity contribution in [1.82, 2.24) is 9.03 Å². The summed E-state index contributed by atoms with van der Waals surface area (Å²) in [6.45, 7) is 0.593. The van der Waals surface area contributed by atoms with Crippen molar-refractivity contribution in [3.63, 3.8) is 0 Å². The molecule has 1 aliphatic rings. The average molecular weight is 375 g/mol. The summed E-state index contributed by atoms with van der Waals surface area (Å²) < 4.78 is 50.0. The molecule has 0 bridgehead atoms. The molecule has 1 amide bonds. The van der Waals surface area contributed by atoms with Crippen molar-refractivity contribution in [3.8, 4) is 0 Å². The molecule has 1 aromatic carbocycles. The van der Waals surface area contributed by atoms with Gasteiger partial charge in [0.15, 0.2) is 0 Å². The second kappa shape index (κ2) is 7.18. The van der Waals surface area contributed by atoms with Gasteiger partial charge in [0, 0.05) is 18.8 Å². The highest BCUT2D eigenvalue weighted by Crippen LogP contribution is 2.21. The smallest absolute Gasteiger partial charge is 0.240 e. The lowest BCUT2D eigenvalue weighted by atomic mass is 9.99. The van der Waals surface area contributed by atoms with Crippen LogP contribution in [0.15, 0.2) is 29.2 Å². The van der Waals surface area contributed by atoms with E-state index in [9.17, 15) is 21.6 Å². The summed E-state index contributed by atoms with van der Waals surface area (Å²) in [5, 5.41) is 2.70. The van der Waals surface area contributed by atoms with Gasteiger partial charge in [-0.3, -0.25) is 4.79 Å². The van der Waals surface area contributed by atoms with Gasteiger partial charge in [0.2, 0.25) is 26.0 Å². The minimum absolute atomic E-state index is 0.101. The fraction of sp³-hybridized carbons (Fsp3) is 0.500. The normalized spacial score (nSPS) is 19.8. The maximum absolute atomic E-state index is 12.3. The second-order valence-corrected chi connectivity index (χ2v) is 9.55. The lowest BCUT2D eigenvalue weighted by Gasteiger charge is -2.30. The first kappa shape index (κ1) is 18.8. The number of carbonyl (C=O) groups is 1.